The van der Waals surface area contributed by atoms with Crippen molar-refractivity contribution in [1.82, 2.24) is 5.32 Å². The number of furan rings is 1. The van der Waals surface area contributed by atoms with Gasteiger partial charge in [-0.15, -0.1) is 12.4 Å². The second kappa shape index (κ2) is 7.16. The van der Waals surface area contributed by atoms with Gasteiger partial charge in [-0.1, -0.05) is 31.5 Å². The first-order chi connectivity index (χ1) is 9.86. The lowest BCUT2D eigenvalue weighted by Crippen LogP contribution is -2.52. The van der Waals surface area contributed by atoms with Gasteiger partial charge in [-0.25, -0.2) is 0 Å². The highest BCUT2D eigenvalue weighted by Gasteiger charge is 2.29. The summed E-state index contributed by atoms with van der Waals surface area (Å²) in [7, 11) is 0. The van der Waals surface area contributed by atoms with Crippen LogP contribution in [0.3, 0.4) is 0 Å². The van der Waals surface area contributed by atoms with E-state index in [1.165, 1.54) is 0 Å². The number of carbonyl (C=O) groups is 1. The van der Waals surface area contributed by atoms with Crippen molar-refractivity contribution in [3.8, 4) is 0 Å². The van der Waals surface area contributed by atoms with Gasteiger partial charge in [0, 0.05) is 10.9 Å². The number of benzene rings is 1. The summed E-state index contributed by atoms with van der Waals surface area (Å²) in [6.45, 7) is 7.72. The number of nitrogens with two attached hydrogens (primary N) is 1. The molecule has 1 amide bonds. The molecule has 0 fully saturated rings. The number of nitrogens with one attached hydrogen (secondary N) is 1. The third-order valence-corrected chi connectivity index (χ3v) is 3.91. The third kappa shape index (κ3) is 3.62. The quantitative estimate of drug-likeness (QED) is 0.877. The smallest absolute Gasteiger partial charge is 0.240 e. The van der Waals surface area contributed by atoms with Gasteiger partial charge in [0.1, 0.15) is 11.3 Å². The van der Waals surface area contributed by atoms with Crippen LogP contribution in [0.4, 0.5) is 0 Å². The van der Waals surface area contributed by atoms with Crippen molar-refractivity contribution in [3.05, 3.63) is 35.6 Å². The fraction of sp³-hybridized carbons (Fsp3) is 0.471. The molecule has 0 spiro atoms. The average molecular weight is 325 g/mol. The molecule has 0 bridgehead atoms. The molecule has 2 aromatic rings. The number of aryl methyl sites for hydroxylation is 1. The maximum atomic E-state index is 12.3. The molecule has 4 nitrogen and oxygen atoms in total. The normalized spacial score (nSPS) is 15.0. The van der Waals surface area contributed by atoms with Crippen LogP contribution in [0.5, 0.6) is 0 Å². The van der Waals surface area contributed by atoms with Gasteiger partial charge in [0.2, 0.25) is 5.91 Å². The summed E-state index contributed by atoms with van der Waals surface area (Å²) in [5, 5.41) is 4.05. The Hall–Kier alpha value is -1.52. The van der Waals surface area contributed by atoms with Gasteiger partial charge in [-0.2, -0.15) is 0 Å². The summed E-state index contributed by atoms with van der Waals surface area (Å²) in [6, 6.07) is 7.68. The molecule has 1 aromatic carbocycles. The Balaban J connectivity index is 0.00000242. The van der Waals surface area contributed by atoms with E-state index in [4.69, 9.17) is 10.2 Å². The van der Waals surface area contributed by atoms with Crippen LogP contribution in [-0.4, -0.2) is 11.4 Å². The average Bonchev–Trinajstić information content (AvgIpc) is 2.76. The lowest BCUT2D eigenvalue weighted by molar-refractivity contribution is -0.126. The minimum atomic E-state index is -0.844. The van der Waals surface area contributed by atoms with Gasteiger partial charge in [0.25, 0.3) is 0 Å². The van der Waals surface area contributed by atoms with E-state index in [1.807, 2.05) is 45.0 Å². The zero-order valence-corrected chi connectivity index (χ0v) is 14.4. The Kier molecular flexibility index (Phi) is 6.03. The van der Waals surface area contributed by atoms with Gasteiger partial charge < -0.3 is 15.5 Å². The third-order valence-electron chi connectivity index (χ3n) is 3.91. The molecule has 3 N–H and O–H groups in total. The minimum absolute atomic E-state index is 0. The highest BCUT2D eigenvalue weighted by Crippen LogP contribution is 2.29. The number of para-hydroxylation sites is 1. The Morgan fingerprint density at radius 1 is 1.41 bits per heavy atom. The summed E-state index contributed by atoms with van der Waals surface area (Å²) in [6.07, 6.45) is 1.53. The molecule has 1 heterocycles. The van der Waals surface area contributed by atoms with Crippen molar-refractivity contribution in [2.75, 3.05) is 0 Å². The number of hydrogen-bond donors (Lipinski definition) is 2. The Bertz CT molecular complexity index is 649. The number of fused-ring (bicyclic) bond motifs is 1. The van der Waals surface area contributed by atoms with E-state index in [-0.39, 0.29) is 24.4 Å². The summed E-state index contributed by atoms with van der Waals surface area (Å²) >= 11 is 0. The van der Waals surface area contributed by atoms with Crippen molar-refractivity contribution in [1.29, 1.82) is 0 Å². The van der Waals surface area contributed by atoms with E-state index in [0.29, 0.717) is 6.42 Å². The number of amides is 1. The molecular formula is C17H25ClN2O2. The maximum Gasteiger partial charge on any atom is 0.240 e. The van der Waals surface area contributed by atoms with E-state index in [0.717, 1.165) is 28.7 Å². The first kappa shape index (κ1) is 18.5. The van der Waals surface area contributed by atoms with Crippen LogP contribution in [-0.2, 0) is 4.79 Å². The topological polar surface area (TPSA) is 68.3 Å². The fourth-order valence-corrected chi connectivity index (χ4v) is 2.67. The Labute approximate surface area is 137 Å². The Morgan fingerprint density at radius 3 is 2.64 bits per heavy atom. The molecule has 0 saturated carbocycles. The molecule has 2 rings (SSSR count). The molecular weight excluding hydrogens is 300 g/mol. The monoisotopic (exact) mass is 324 g/mol. The molecule has 0 aliphatic heterocycles. The molecule has 0 saturated heterocycles. The standard InChI is InChI=1S/C17H24N2O2.ClH/c1-5-10-17(4,18)16(20)19-12(3)15-11(2)13-8-6-7-9-14(13)21-15;/h6-9,12H,5,10,18H2,1-4H3,(H,19,20);1H. The van der Waals surface area contributed by atoms with Crippen LogP contribution in [0.25, 0.3) is 11.0 Å². The number of halogens is 1. The van der Waals surface area contributed by atoms with Crippen molar-refractivity contribution < 1.29 is 9.21 Å². The molecule has 0 aliphatic carbocycles. The van der Waals surface area contributed by atoms with Gasteiger partial charge in [-0.3, -0.25) is 4.79 Å². The van der Waals surface area contributed by atoms with Gasteiger partial charge >= 0.3 is 0 Å². The predicted octanol–water partition coefficient (Wildman–Crippen LogP) is 3.86. The zero-order chi connectivity index (χ0) is 15.6. The van der Waals surface area contributed by atoms with Crippen LogP contribution in [0.15, 0.2) is 28.7 Å². The van der Waals surface area contributed by atoms with Gasteiger partial charge in [0.15, 0.2) is 0 Å². The molecule has 22 heavy (non-hydrogen) atoms. The van der Waals surface area contributed by atoms with E-state index >= 15 is 0 Å². The molecule has 0 aliphatic rings. The Morgan fingerprint density at radius 2 is 2.05 bits per heavy atom. The minimum Gasteiger partial charge on any atom is -0.459 e. The van der Waals surface area contributed by atoms with Crippen LogP contribution >= 0.6 is 12.4 Å². The summed E-state index contributed by atoms with van der Waals surface area (Å²) in [5.41, 5.74) is 7.13. The number of hydrogen-bond acceptors (Lipinski definition) is 3. The van der Waals surface area contributed by atoms with Crippen molar-refractivity contribution >= 4 is 29.3 Å². The van der Waals surface area contributed by atoms with E-state index < -0.39 is 5.54 Å². The van der Waals surface area contributed by atoms with Crippen LogP contribution in [0.2, 0.25) is 0 Å². The molecule has 2 unspecified atom stereocenters. The second-order valence-corrected chi connectivity index (χ2v) is 5.95. The first-order valence-electron chi connectivity index (χ1n) is 7.44. The fourth-order valence-electron chi connectivity index (χ4n) is 2.67. The molecule has 5 heteroatoms. The van der Waals surface area contributed by atoms with Crippen molar-refractivity contribution in [2.45, 2.75) is 52.1 Å². The van der Waals surface area contributed by atoms with E-state index in [9.17, 15) is 4.79 Å². The number of rotatable bonds is 5. The summed E-state index contributed by atoms with van der Waals surface area (Å²) in [5.74, 6) is 0.647. The first-order valence-corrected chi connectivity index (χ1v) is 7.44. The van der Waals surface area contributed by atoms with Gasteiger partial charge in [-0.05, 0) is 33.3 Å². The van der Waals surface area contributed by atoms with E-state index in [1.54, 1.807) is 6.92 Å². The maximum absolute atomic E-state index is 12.3. The SMILES string of the molecule is CCCC(C)(N)C(=O)NC(C)c1oc2ccccc2c1C.Cl. The van der Waals surface area contributed by atoms with E-state index in [2.05, 4.69) is 5.32 Å². The summed E-state index contributed by atoms with van der Waals surface area (Å²) in [4.78, 5) is 12.3. The zero-order valence-electron chi connectivity index (χ0n) is 13.6. The molecule has 122 valence electrons. The second-order valence-electron chi connectivity index (χ2n) is 5.95. The van der Waals surface area contributed by atoms with Crippen LogP contribution in [0, 0.1) is 6.92 Å². The van der Waals surface area contributed by atoms with Crippen molar-refractivity contribution in [3.63, 3.8) is 0 Å². The molecule has 2 atom stereocenters. The van der Waals surface area contributed by atoms with Gasteiger partial charge in [0.05, 0.1) is 11.6 Å². The largest absolute Gasteiger partial charge is 0.459 e. The molecule has 0 radical (unpaired) electrons. The van der Waals surface area contributed by atoms with Crippen molar-refractivity contribution in [2.24, 2.45) is 5.73 Å². The highest BCUT2D eigenvalue weighted by atomic mass is 35.5. The van der Waals surface area contributed by atoms with Crippen LogP contribution in [0.1, 0.15) is 51.0 Å². The number of carbonyl (C=O) groups excluding carboxylic acids is 1. The van der Waals surface area contributed by atoms with Crippen LogP contribution < -0.4 is 11.1 Å². The summed E-state index contributed by atoms with van der Waals surface area (Å²) < 4.78 is 5.88. The molecule has 1 aromatic heterocycles. The predicted molar refractivity (Wildman–Crippen MR) is 92.3 cm³/mol. The highest BCUT2D eigenvalue weighted by molar-refractivity contribution is 5.86. The lowest BCUT2D eigenvalue weighted by atomic mass is 9.96. The lowest BCUT2D eigenvalue weighted by Gasteiger charge is -2.25.